The normalized spacial score (nSPS) is 11.8. The van der Waals surface area contributed by atoms with Crippen LogP contribution in [0.2, 0.25) is 0 Å². The lowest BCUT2D eigenvalue weighted by molar-refractivity contribution is -0.136. The van der Waals surface area contributed by atoms with Gasteiger partial charge in [0.05, 0.1) is 28.0 Å². The van der Waals surface area contributed by atoms with Gasteiger partial charge in [-0.3, -0.25) is 14.4 Å². The fourth-order valence-electron chi connectivity index (χ4n) is 2.86. The molecular formula is C16H9N9O5S. The molecule has 4 aromatic rings. The maximum Gasteiger partial charge on any atom is 0.309 e. The summed E-state index contributed by atoms with van der Waals surface area (Å²) in [5, 5.41) is 37.7. The zero-order chi connectivity index (χ0) is 22.3. The zero-order valence-corrected chi connectivity index (χ0v) is 15.9. The average Bonchev–Trinajstić information content (AvgIpc) is 3.36. The maximum atomic E-state index is 11.4. The van der Waals surface area contributed by atoms with Crippen molar-refractivity contribution in [2.45, 2.75) is 11.3 Å². The molecule has 0 spiro atoms. The Morgan fingerprint density at radius 2 is 2.00 bits per heavy atom. The molecule has 0 aliphatic carbocycles. The summed E-state index contributed by atoms with van der Waals surface area (Å²) < 4.78 is 33.5. The number of H-pyrrole nitrogens is 2. The van der Waals surface area contributed by atoms with Crippen LogP contribution in [0.25, 0.3) is 16.7 Å². The Hall–Kier alpha value is -4.60. The van der Waals surface area contributed by atoms with Crippen molar-refractivity contribution in [1.29, 1.82) is 10.5 Å². The number of nitriles is 2. The summed E-state index contributed by atoms with van der Waals surface area (Å²) in [6.07, 6.45) is -0.484. The van der Waals surface area contributed by atoms with Crippen LogP contribution in [0.4, 0.5) is 11.6 Å². The SMILES string of the molecule is N#Cc1nc(N=Nc2c(CC(=O)O)[nH]n3c2nc2ccc(S(=O)(=O)O)cc23)[nH]c1C#N. The molecule has 4 rings (SSSR count). The Morgan fingerprint density at radius 1 is 1.23 bits per heavy atom. The third kappa shape index (κ3) is 3.46. The number of carbonyl (C=O) groups is 1. The molecule has 0 amide bonds. The van der Waals surface area contributed by atoms with Gasteiger partial charge in [-0.15, -0.1) is 10.2 Å². The van der Waals surface area contributed by atoms with Gasteiger partial charge in [-0.2, -0.15) is 23.9 Å². The van der Waals surface area contributed by atoms with E-state index in [1.807, 2.05) is 0 Å². The fourth-order valence-corrected chi connectivity index (χ4v) is 3.36. The molecule has 14 nitrogen and oxygen atoms in total. The molecule has 0 unspecified atom stereocenters. The zero-order valence-electron chi connectivity index (χ0n) is 15.1. The molecular weight excluding hydrogens is 430 g/mol. The molecule has 0 radical (unpaired) electrons. The number of hydrogen-bond donors (Lipinski definition) is 4. The third-order valence-electron chi connectivity index (χ3n) is 4.15. The molecule has 15 heteroatoms. The van der Waals surface area contributed by atoms with Crippen LogP contribution in [-0.4, -0.2) is 48.6 Å². The van der Waals surface area contributed by atoms with E-state index >= 15 is 0 Å². The van der Waals surface area contributed by atoms with Crippen LogP contribution in [0.15, 0.2) is 33.3 Å². The smallest absolute Gasteiger partial charge is 0.309 e. The van der Waals surface area contributed by atoms with Crippen molar-refractivity contribution in [2.24, 2.45) is 10.2 Å². The molecule has 31 heavy (non-hydrogen) atoms. The number of imidazole rings is 2. The minimum absolute atomic E-state index is 0.0282. The van der Waals surface area contributed by atoms with Crippen molar-refractivity contribution in [3.8, 4) is 12.1 Å². The number of carboxylic acids is 1. The van der Waals surface area contributed by atoms with Crippen LogP contribution < -0.4 is 0 Å². The molecule has 0 aliphatic rings. The molecule has 0 saturated carbocycles. The number of benzene rings is 1. The van der Waals surface area contributed by atoms with Crippen LogP contribution in [0.1, 0.15) is 17.1 Å². The van der Waals surface area contributed by atoms with E-state index in [1.165, 1.54) is 16.6 Å². The van der Waals surface area contributed by atoms with Crippen molar-refractivity contribution < 1.29 is 22.9 Å². The number of hydrogen-bond acceptors (Lipinski definition) is 9. The maximum absolute atomic E-state index is 11.4. The predicted molar refractivity (Wildman–Crippen MR) is 100 cm³/mol. The van der Waals surface area contributed by atoms with E-state index in [0.29, 0.717) is 5.52 Å². The quantitative estimate of drug-likeness (QED) is 0.261. The van der Waals surface area contributed by atoms with Crippen LogP contribution in [0, 0.1) is 22.7 Å². The monoisotopic (exact) mass is 439 g/mol. The summed E-state index contributed by atoms with van der Waals surface area (Å²) in [7, 11) is -4.47. The molecule has 0 atom stereocenters. The topological polar surface area (TPSA) is 226 Å². The summed E-state index contributed by atoms with van der Waals surface area (Å²) in [5.74, 6) is -1.33. The Bertz CT molecular complexity index is 1560. The molecule has 0 fully saturated rings. The van der Waals surface area contributed by atoms with Gasteiger partial charge in [0.2, 0.25) is 5.95 Å². The summed E-state index contributed by atoms with van der Waals surface area (Å²) in [5.41, 5.74) is 0.570. The van der Waals surface area contributed by atoms with E-state index < -0.39 is 22.5 Å². The van der Waals surface area contributed by atoms with Crippen molar-refractivity contribution in [3.05, 3.63) is 35.3 Å². The predicted octanol–water partition coefficient (Wildman–Crippen LogP) is 1.57. The summed E-state index contributed by atoms with van der Waals surface area (Å²) in [4.78, 5) is 21.5. The van der Waals surface area contributed by atoms with Gasteiger partial charge in [-0.25, -0.2) is 9.50 Å². The van der Waals surface area contributed by atoms with Crippen molar-refractivity contribution in [1.82, 2.24) is 24.6 Å². The van der Waals surface area contributed by atoms with E-state index in [4.69, 9.17) is 10.5 Å². The highest BCUT2D eigenvalue weighted by molar-refractivity contribution is 7.85. The van der Waals surface area contributed by atoms with E-state index in [-0.39, 0.29) is 44.8 Å². The molecule has 0 bridgehead atoms. The molecule has 3 aromatic heterocycles. The number of nitrogens with zero attached hydrogens (tertiary/aromatic N) is 7. The number of aromatic nitrogens is 5. The second-order valence-corrected chi connectivity index (χ2v) is 7.54. The Kier molecular flexibility index (Phi) is 4.46. The Morgan fingerprint density at radius 3 is 2.61 bits per heavy atom. The second-order valence-electron chi connectivity index (χ2n) is 6.11. The lowest BCUT2D eigenvalue weighted by Crippen LogP contribution is -2.01. The van der Waals surface area contributed by atoms with E-state index in [1.54, 1.807) is 12.1 Å². The standard InChI is InChI=1S/C16H9N9O5S/c17-5-10-11(6-18)21-16(20-10)23-22-14-9(4-13(26)27)24-25-12-3-7(31(28,29)30)1-2-8(12)19-15(14)25/h1-3,24H,4H2,(H,20,21)(H,26,27)(H,28,29,30). The Labute approximate surface area is 171 Å². The molecule has 0 saturated heterocycles. The Balaban J connectivity index is 1.90. The number of aromatic amines is 2. The molecule has 4 N–H and O–H groups in total. The van der Waals surface area contributed by atoms with Crippen LogP contribution in [0.5, 0.6) is 0 Å². The van der Waals surface area contributed by atoms with Crippen molar-refractivity contribution >= 4 is 44.4 Å². The largest absolute Gasteiger partial charge is 0.481 e. The van der Waals surface area contributed by atoms with E-state index in [0.717, 1.165) is 6.07 Å². The van der Waals surface area contributed by atoms with Gasteiger partial charge in [0.1, 0.15) is 12.1 Å². The minimum Gasteiger partial charge on any atom is -0.481 e. The lowest BCUT2D eigenvalue weighted by Gasteiger charge is -1.97. The number of azo groups is 1. The van der Waals surface area contributed by atoms with Crippen LogP contribution >= 0.6 is 0 Å². The third-order valence-corrected chi connectivity index (χ3v) is 5.00. The van der Waals surface area contributed by atoms with Crippen LogP contribution in [-0.2, 0) is 21.3 Å². The first-order valence-electron chi connectivity index (χ1n) is 8.25. The molecule has 3 heterocycles. The van der Waals surface area contributed by atoms with Crippen LogP contribution in [0.3, 0.4) is 0 Å². The fraction of sp³-hybridized carbons (Fsp3) is 0.0625. The average molecular weight is 439 g/mol. The van der Waals surface area contributed by atoms with Crippen molar-refractivity contribution in [3.63, 3.8) is 0 Å². The van der Waals surface area contributed by atoms with Gasteiger partial charge >= 0.3 is 5.97 Å². The highest BCUT2D eigenvalue weighted by Crippen LogP contribution is 2.31. The first-order chi connectivity index (χ1) is 14.7. The highest BCUT2D eigenvalue weighted by Gasteiger charge is 2.20. The van der Waals surface area contributed by atoms with Gasteiger partial charge in [-0.1, -0.05) is 0 Å². The minimum atomic E-state index is -4.47. The second kappa shape index (κ2) is 7.02. The number of nitrogens with one attached hydrogen (secondary N) is 2. The highest BCUT2D eigenvalue weighted by atomic mass is 32.2. The molecule has 154 valence electrons. The lowest BCUT2D eigenvalue weighted by atomic mass is 10.3. The first-order valence-corrected chi connectivity index (χ1v) is 9.69. The van der Waals surface area contributed by atoms with E-state index in [9.17, 15) is 22.9 Å². The van der Waals surface area contributed by atoms with Gasteiger partial charge in [0.25, 0.3) is 10.1 Å². The van der Waals surface area contributed by atoms with E-state index in [2.05, 4.69) is 30.3 Å². The molecule has 0 aliphatic heterocycles. The number of aliphatic carboxylic acids is 1. The van der Waals surface area contributed by atoms with Gasteiger partial charge < -0.3 is 10.1 Å². The summed E-state index contributed by atoms with van der Waals surface area (Å²) in [6.45, 7) is 0. The van der Waals surface area contributed by atoms with Gasteiger partial charge in [0.15, 0.2) is 22.7 Å². The molecule has 1 aromatic carbocycles. The first kappa shape index (κ1) is 19.7. The van der Waals surface area contributed by atoms with Crippen molar-refractivity contribution in [2.75, 3.05) is 0 Å². The number of fused-ring (bicyclic) bond motifs is 3. The number of rotatable bonds is 5. The van der Waals surface area contributed by atoms with Gasteiger partial charge in [-0.05, 0) is 18.2 Å². The summed E-state index contributed by atoms with van der Waals surface area (Å²) >= 11 is 0. The van der Waals surface area contributed by atoms with Gasteiger partial charge in [0, 0.05) is 0 Å². The number of carboxylic acid groups (broad SMARTS) is 1. The summed E-state index contributed by atoms with van der Waals surface area (Å²) in [6, 6.07) is 7.17.